The molecule has 152 valence electrons. The highest BCUT2D eigenvalue weighted by atomic mass is 16.5. The molecule has 2 fully saturated rings. The number of hydrogen-bond donors (Lipinski definition) is 1. The van der Waals surface area contributed by atoms with Crippen molar-refractivity contribution in [3.8, 4) is 0 Å². The van der Waals surface area contributed by atoms with E-state index in [0.29, 0.717) is 24.6 Å². The Hall–Kier alpha value is -2.41. The van der Waals surface area contributed by atoms with Crippen LogP contribution in [0.15, 0.2) is 24.3 Å². The smallest absolute Gasteiger partial charge is 0.325 e. The quantitative estimate of drug-likeness (QED) is 0.804. The lowest BCUT2D eigenvalue weighted by Crippen LogP contribution is -2.52. The number of nitrogens with one attached hydrogen (secondary N) is 1. The van der Waals surface area contributed by atoms with Gasteiger partial charge in [0.15, 0.2) is 0 Å². The molecular formula is C21H29N3O4. The second-order valence-electron chi connectivity index (χ2n) is 8.28. The molecule has 2 heterocycles. The highest BCUT2D eigenvalue weighted by molar-refractivity contribution is 6.09. The molecular weight excluding hydrogens is 358 g/mol. The second-order valence-corrected chi connectivity index (χ2v) is 8.28. The normalized spacial score (nSPS) is 28.1. The molecule has 4 amide bonds. The van der Waals surface area contributed by atoms with Gasteiger partial charge in [0.25, 0.3) is 5.91 Å². The molecule has 2 aliphatic rings. The average Bonchev–Trinajstić information content (AvgIpc) is 2.85. The third kappa shape index (κ3) is 3.76. The van der Waals surface area contributed by atoms with Gasteiger partial charge in [0.05, 0.1) is 12.2 Å². The summed E-state index contributed by atoms with van der Waals surface area (Å²) in [6.07, 6.45) is -0.138. The van der Waals surface area contributed by atoms with Gasteiger partial charge in [-0.25, -0.2) is 4.79 Å². The van der Waals surface area contributed by atoms with Crippen molar-refractivity contribution >= 4 is 17.8 Å². The van der Waals surface area contributed by atoms with E-state index in [1.165, 1.54) is 0 Å². The van der Waals surface area contributed by atoms with Gasteiger partial charge in [-0.05, 0) is 37.8 Å². The molecule has 2 saturated heterocycles. The molecule has 0 aliphatic carbocycles. The van der Waals surface area contributed by atoms with Gasteiger partial charge in [-0.2, -0.15) is 0 Å². The van der Waals surface area contributed by atoms with Gasteiger partial charge in [0.2, 0.25) is 5.91 Å². The molecule has 0 saturated carbocycles. The van der Waals surface area contributed by atoms with Crippen molar-refractivity contribution in [1.29, 1.82) is 0 Å². The van der Waals surface area contributed by atoms with Crippen LogP contribution in [-0.2, 0) is 19.9 Å². The van der Waals surface area contributed by atoms with Crippen molar-refractivity contribution < 1.29 is 19.1 Å². The van der Waals surface area contributed by atoms with E-state index in [1.807, 2.05) is 38.1 Å². The summed E-state index contributed by atoms with van der Waals surface area (Å²) in [5.74, 6) is -0.273. The zero-order valence-electron chi connectivity index (χ0n) is 17.2. The number of amides is 4. The van der Waals surface area contributed by atoms with Crippen LogP contribution >= 0.6 is 0 Å². The van der Waals surface area contributed by atoms with Crippen LogP contribution in [0.5, 0.6) is 0 Å². The summed E-state index contributed by atoms with van der Waals surface area (Å²) in [6.45, 7) is 10.3. The van der Waals surface area contributed by atoms with Crippen LogP contribution in [0.3, 0.4) is 0 Å². The van der Waals surface area contributed by atoms with Crippen molar-refractivity contribution in [3.63, 3.8) is 0 Å². The number of hydrogen-bond acceptors (Lipinski definition) is 4. The Labute approximate surface area is 166 Å². The first kappa shape index (κ1) is 20.3. The predicted molar refractivity (Wildman–Crippen MR) is 105 cm³/mol. The first-order chi connectivity index (χ1) is 13.1. The largest absolute Gasteiger partial charge is 0.372 e. The molecule has 0 unspecified atom stereocenters. The van der Waals surface area contributed by atoms with Crippen LogP contribution in [0, 0.1) is 0 Å². The van der Waals surface area contributed by atoms with Gasteiger partial charge < -0.3 is 15.0 Å². The highest BCUT2D eigenvalue weighted by Crippen LogP contribution is 2.30. The van der Waals surface area contributed by atoms with Crippen LogP contribution < -0.4 is 5.32 Å². The fraction of sp³-hybridized carbons (Fsp3) is 0.571. The zero-order valence-corrected chi connectivity index (χ0v) is 17.2. The molecule has 3 rings (SSSR count). The monoisotopic (exact) mass is 387 g/mol. The Bertz CT molecular complexity index is 766. The maximum Gasteiger partial charge on any atom is 0.325 e. The molecule has 1 aromatic rings. The first-order valence-electron chi connectivity index (χ1n) is 9.79. The molecule has 1 N–H and O–H groups in total. The highest BCUT2D eigenvalue weighted by Gasteiger charge is 2.49. The van der Waals surface area contributed by atoms with Gasteiger partial charge >= 0.3 is 6.03 Å². The van der Waals surface area contributed by atoms with Crippen molar-refractivity contribution in [1.82, 2.24) is 15.1 Å². The third-order valence-electron chi connectivity index (χ3n) is 5.50. The molecule has 28 heavy (non-hydrogen) atoms. The number of nitrogens with zero attached hydrogens (tertiary/aromatic N) is 2. The number of carbonyl (C=O) groups excluding carboxylic acids is 3. The average molecular weight is 387 g/mol. The minimum Gasteiger partial charge on any atom is -0.372 e. The number of benzene rings is 1. The number of carbonyl (C=O) groups is 3. The Kier molecular flexibility index (Phi) is 5.48. The van der Waals surface area contributed by atoms with Crippen molar-refractivity contribution in [2.75, 3.05) is 19.6 Å². The van der Waals surface area contributed by atoms with Gasteiger partial charge in [0, 0.05) is 13.1 Å². The minimum atomic E-state index is -1.17. The Balaban J connectivity index is 1.74. The number of ether oxygens (including phenoxy) is 1. The van der Waals surface area contributed by atoms with E-state index in [2.05, 4.69) is 19.2 Å². The van der Waals surface area contributed by atoms with E-state index in [1.54, 1.807) is 11.8 Å². The molecule has 2 aliphatic heterocycles. The van der Waals surface area contributed by atoms with E-state index < -0.39 is 17.5 Å². The fourth-order valence-electron chi connectivity index (χ4n) is 3.85. The van der Waals surface area contributed by atoms with Crippen molar-refractivity contribution in [2.24, 2.45) is 0 Å². The van der Waals surface area contributed by atoms with E-state index in [9.17, 15) is 14.4 Å². The zero-order chi connectivity index (χ0) is 20.6. The summed E-state index contributed by atoms with van der Waals surface area (Å²) in [4.78, 5) is 40.9. The predicted octanol–water partition coefficient (Wildman–Crippen LogP) is 2.21. The topological polar surface area (TPSA) is 79.0 Å². The lowest BCUT2D eigenvalue weighted by molar-refractivity contribution is -0.146. The van der Waals surface area contributed by atoms with E-state index in [0.717, 1.165) is 10.5 Å². The molecule has 3 atom stereocenters. The first-order valence-corrected chi connectivity index (χ1v) is 9.79. The summed E-state index contributed by atoms with van der Waals surface area (Å²) < 4.78 is 5.64. The summed E-state index contributed by atoms with van der Waals surface area (Å²) in [5.41, 5.74) is 0.698. The lowest BCUT2D eigenvalue weighted by atomic mass is 9.90. The maximum atomic E-state index is 13.1. The Morgan fingerprint density at radius 1 is 1.18 bits per heavy atom. The number of urea groups is 1. The van der Waals surface area contributed by atoms with Crippen LogP contribution in [0.2, 0.25) is 0 Å². The fourth-order valence-corrected chi connectivity index (χ4v) is 3.85. The third-order valence-corrected chi connectivity index (χ3v) is 5.50. The SMILES string of the molecule is CC(C)c1ccc([C@@]2(C)NC(=O)N(CC(=O)N3C[C@@H](C)O[C@H](C)C3)C2=O)cc1. The molecule has 0 spiro atoms. The summed E-state index contributed by atoms with van der Waals surface area (Å²) in [7, 11) is 0. The van der Waals surface area contributed by atoms with Gasteiger partial charge in [-0.15, -0.1) is 0 Å². The molecule has 7 nitrogen and oxygen atoms in total. The standard InChI is InChI=1S/C21H29N3O4/c1-13(2)16-6-8-17(9-7-16)21(5)19(26)24(20(27)22-21)12-18(25)23-10-14(3)28-15(4)11-23/h6-9,13-15H,10-12H2,1-5H3,(H,22,27)/t14-,15-,21-/m1/s1. The Morgan fingerprint density at radius 3 is 2.29 bits per heavy atom. The number of rotatable bonds is 4. The van der Waals surface area contributed by atoms with E-state index in [-0.39, 0.29) is 24.7 Å². The van der Waals surface area contributed by atoms with E-state index >= 15 is 0 Å². The summed E-state index contributed by atoms with van der Waals surface area (Å²) in [6, 6.07) is 7.13. The minimum absolute atomic E-state index is 0.0689. The lowest BCUT2D eigenvalue weighted by Gasteiger charge is -2.35. The molecule has 0 aromatic heterocycles. The Morgan fingerprint density at radius 2 is 1.75 bits per heavy atom. The maximum absolute atomic E-state index is 13.1. The summed E-state index contributed by atoms with van der Waals surface area (Å²) >= 11 is 0. The molecule has 1 aromatic carbocycles. The second kappa shape index (κ2) is 7.54. The van der Waals surface area contributed by atoms with Gasteiger partial charge in [0.1, 0.15) is 12.1 Å². The molecule has 7 heteroatoms. The van der Waals surface area contributed by atoms with Gasteiger partial charge in [-0.3, -0.25) is 14.5 Å². The van der Waals surface area contributed by atoms with Crippen LogP contribution in [0.1, 0.15) is 51.7 Å². The molecule has 0 bridgehead atoms. The van der Waals surface area contributed by atoms with E-state index in [4.69, 9.17) is 4.74 Å². The van der Waals surface area contributed by atoms with Crippen LogP contribution in [0.25, 0.3) is 0 Å². The number of imide groups is 1. The molecule has 0 radical (unpaired) electrons. The number of morpholine rings is 1. The van der Waals surface area contributed by atoms with Crippen LogP contribution in [-0.4, -0.2) is 59.5 Å². The van der Waals surface area contributed by atoms with Gasteiger partial charge in [-0.1, -0.05) is 38.1 Å². The summed E-state index contributed by atoms with van der Waals surface area (Å²) in [5, 5.41) is 2.76. The van der Waals surface area contributed by atoms with Crippen molar-refractivity contribution in [3.05, 3.63) is 35.4 Å². The van der Waals surface area contributed by atoms with Crippen LogP contribution in [0.4, 0.5) is 4.79 Å². The van der Waals surface area contributed by atoms with Crippen molar-refractivity contribution in [2.45, 2.75) is 58.3 Å².